The zero-order chi connectivity index (χ0) is 23.5. The predicted octanol–water partition coefficient (Wildman–Crippen LogP) is 3.27. The summed E-state index contributed by atoms with van der Waals surface area (Å²) in [6.45, 7) is 0. The zero-order valence-electron chi connectivity index (χ0n) is 17.5. The van der Waals surface area contributed by atoms with E-state index in [1.54, 1.807) is 41.7 Å². The molecule has 12 heteroatoms. The summed E-state index contributed by atoms with van der Waals surface area (Å²) in [5, 5.41) is 22.7. The Bertz CT molecular complexity index is 1340. The van der Waals surface area contributed by atoms with Crippen LogP contribution < -0.4 is 5.32 Å². The van der Waals surface area contributed by atoms with Crippen LogP contribution in [0.25, 0.3) is 0 Å². The smallest absolute Gasteiger partial charge is 0.284 e. The number of hydrogen-bond donors (Lipinski definition) is 1. The Morgan fingerprint density at radius 3 is 2.67 bits per heavy atom. The number of aromatic nitrogens is 5. The van der Waals surface area contributed by atoms with Gasteiger partial charge in [0.15, 0.2) is 5.16 Å². The zero-order valence-corrected chi connectivity index (χ0v) is 18.4. The lowest BCUT2D eigenvalue weighted by Gasteiger charge is -2.19. The maximum absolute atomic E-state index is 13.9. The first-order valence-electron chi connectivity index (χ1n) is 9.67. The molecule has 1 unspecified atom stereocenters. The van der Waals surface area contributed by atoms with E-state index in [-0.39, 0.29) is 11.3 Å². The fourth-order valence-corrected chi connectivity index (χ4v) is 4.05. The van der Waals surface area contributed by atoms with Crippen molar-refractivity contribution in [3.05, 3.63) is 94.1 Å². The molecular formula is C21H18FN7O3S. The molecule has 168 valence electrons. The summed E-state index contributed by atoms with van der Waals surface area (Å²) in [6, 6.07) is 9.24. The number of nitro benzene ring substituents is 1. The number of rotatable bonds is 7. The molecule has 4 rings (SSSR count). The Morgan fingerprint density at radius 2 is 2.03 bits per heavy atom. The van der Waals surface area contributed by atoms with Crippen molar-refractivity contribution in [2.45, 2.75) is 16.1 Å². The minimum atomic E-state index is -0.764. The number of benzene rings is 2. The van der Waals surface area contributed by atoms with Crippen LogP contribution in [0.5, 0.6) is 0 Å². The van der Waals surface area contributed by atoms with Gasteiger partial charge in [-0.1, -0.05) is 12.1 Å². The molecule has 2 heterocycles. The summed E-state index contributed by atoms with van der Waals surface area (Å²) in [5.41, 5.74) is 0.330. The van der Waals surface area contributed by atoms with Crippen molar-refractivity contribution in [2.75, 3.05) is 0 Å². The van der Waals surface area contributed by atoms with Crippen molar-refractivity contribution in [3.8, 4) is 0 Å². The number of amides is 1. The van der Waals surface area contributed by atoms with E-state index in [2.05, 4.69) is 20.5 Å². The number of halogens is 1. The number of carbonyl (C=O) groups is 1. The predicted molar refractivity (Wildman–Crippen MR) is 117 cm³/mol. The van der Waals surface area contributed by atoms with Crippen molar-refractivity contribution in [2.24, 2.45) is 14.1 Å². The molecule has 0 aliphatic carbocycles. The van der Waals surface area contributed by atoms with Crippen LogP contribution in [0.1, 0.15) is 27.8 Å². The molecule has 0 saturated carbocycles. The van der Waals surface area contributed by atoms with Crippen LogP contribution in [-0.2, 0) is 14.1 Å². The molecule has 0 aliphatic heterocycles. The van der Waals surface area contributed by atoms with Crippen LogP contribution in [0, 0.1) is 15.9 Å². The Labute approximate surface area is 191 Å². The third-order valence-electron chi connectivity index (χ3n) is 4.86. The van der Waals surface area contributed by atoms with Crippen molar-refractivity contribution in [3.63, 3.8) is 0 Å². The maximum atomic E-state index is 13.9. The van der Waals surface area contributed by atoms with Gasteiger partial charge in [0.25, 0.3) is 11.6 Å². The van der Waals surface area contributed by atoms with E-state index in [1.165, 1.54) is 42.7 Å². The van der Waals surface area contributed by atoms with Crippen LogP contribution in [0.3, 0.4) is 0 Å². The molecule has 1 N–H and O–H groups in total. The van der Waals surface area contributed by atoms with Crippen LogP contribution in [0.15, 0.2) is 71.2 Å². The van der Waals surface area contributed by atoms with Crippen LogP contribution in [-0.4, -0.2) is 35.1 Å². The second-order valence-electron chi connectivity index (χ2n) is 7.12. The lowest BCUT2D eigenvalue weighted by atomic mass is 10.0. The van der Waals surface area contributed by atoms with Crippen molar-refractivity contribution in [1.82, 2.24) is 29.6 Å². The van der Waals surface area contributed by atoms with E-state index in [1.807, 2.05) is 0 Å². The highest BCUT2D eigenvalue weighted by molar-refractivity contribution is 7.99. The van der Waals surface area contributed by atoms with Gasteiger partial charge in [0.2, 0.25) is 0 Å². The number of hydrogen-bond acceptors (Lipinski definition) is 7. The standard InChI is InChI=1S/C21H18FN7O3S/c1-27-9-8-23-19(27)18(13-4-3-5-15(22)10-13)25-20(30)14-6-7-17(16(11-14)29(31)32)33-21-26-24-12-28(21)2/h3-12,18H,1-2H3,(H,25,30). The quantitative estimate of drug-likeness (QED) is 0.327. The number of carbonyl (C=O) groups excluding carboxylic acids is 1. The molecule has 1 atom stereocenters. The first-order valence-corrected chi connectivity index (χ1v) is 10.5. The lowest BCUT2D eigenvalue weighted by Crippen LogP contribution is -2.31. The van der Waals surface area contributed by atoms with Gasteiger partial charge in [-0.25, -0.2) is 9.37 Å². The van der Waals surface area contributed by atoms with E-state index in [9.17, 15) is 19.3 Å². The first kappa shape index (κ1) is 22.1. The Morgan fingerprint density at radius 1 is 1.21 bits per heavy atom. The summed E-state index contributed by atoms with van der Waals surface area (Å²) >= 11 is 1.07. The molecule has 2 aromatic carbocycles. The fourth-order valence-electron chi connectivity index (χ4n) is 3.20. The summed E-state index contributed by atoms with van der Waals surface area (Å²) in [7, 11) is 3.48. The van der Waals surface area contributed by atoms with E-state index >= 15 is 0 Å². The van der Waals surface area contributed by atoms with Gasteiger partial charge in [-0.3, -0.25) is 14.9 Å². The highest BCUT2D eigenvalue weighted by Crippen LogP contribution is 2.34. The van der Waals surface area contributed by atoms with Gasteiger partial charge in [0.1, 0.15) is 24.0 Å². The first-order chi connectivity index (χ1) is 15.8. The fraction of sp³-hybridized carbons (Fsp3) is 0.143. The number of aryl methyl sites for hydroxylation is 2. The third-order valence-corrected chi connectivity index (χ3v) is 5.98. The molecule has 0 fully saturated rings. The van der Waals surface area contributed by atoms with Gasteiger partial charge < -0.3 is 14.5 Å². The van der Waals surface area contributed by atoms with Crippen molar-refractivity contribution < 1.29 is 14.1 Å². The number of nitro groups is 1. The SMILES string of the molecule is Cn1cnnc1Sc1ccc(C(=O)NC(c2cccc(F)c2)c2nccn2C)cc1[N+](=O)[O-]. The molecule has 10 nitrogen and oxygen atoms in total. The van der Waals surface area contributed by atoms with Crippen LogP contribution >= 0.6 is 11.8 Å². The third kappa shape index (κ3) is 4.75. The summed E-state index contributed by atoms with van der Waals surface area (Å²) in [4.78, 5) is 28.8. The minimum Gasteiger partial charge on any atom is -0.338 e. The monoisotopic (exact) mass is 467 g/mol. The summed E-state index contributed by atoms with van der Waals surface area (Å²) in [5.74, 6) is -0.537. The van der Waals surface area contributed by atoms with Gasteiger partial charge in [-0.15, -0.1) is 10.2 Å². The highest BCUT2D eigenvalue weighted by atomic mass is 32.2. The van der Waals surface area contributed by atoms with E-state index in [0.717, 1.165) is 11.8 Å². The Hall–Kier alpha value is -4.06. The number of nitrogens with one attached hydrogen (secondary N) is 1. The molecule has 4 aromatic rings. The maximum Gasteiger partial charge on any atom is 0.284 e. The van der Waals surface area contributed by atoms with Gasteiger partial charge in [-0.2, -0.15) is 0 Å². The molecule has 33 heavy (non-hydrogen) atoms. The Kier molecular flexibility index (Phi) is 6.18. The van der Waals surface area contributed by atoms with Crippen molar-refractivity contribution >= 4 is 23.4 Å². The van der Waals surface area contributed by atoms with Gasteiger partial charge in [0, 0.05) is 38.1 Å². The molecule has 1 amide bonds. The minimum absolute atomic E-state index is 0.0830. The average Bonchev–Trinajstić information content (AvgIpc) is 3.39. The molecule has 0 radical (unpaired) electrons. The van der Waals surface area contributed by atoms with E-state index in [4.69, 9.17) is 0 Å². The van der Waals surface area contributed by atoms with Crippen LogP contribution in [0.2, 0.25) is 0 Å². The summed E-state index contributed by atoms with van der Waals surface area (Å²) in [6.07, 6.45) is 4.76. The van der Waals surface area contributed by atoms with E-state index in [0.29, 0.717) is 21.4 Å². The molecule has 0 saturated heterocycles. The highest BCUT2D eigenvalue weighted by Gasteiger charge is 2.24. The topological polar surface area (TPSA) is 121 Å². The van der Waals surface area contributed by atoms with Crippen LogP contribution in [0.4, 0.5) is 10.1 Å². The second-order valence-corrected chi connectivity index (χ2v) is 8.13. The molecule has 2 aromatic heterocycles. The molecular weight excluding hydrogens is 449 g/mol. The van der Waals surface area contributed by atoms with Gasteiger partial charge in [0.05, 0.1) is 9.82 Å². The largest absolute Gasteiger partial charge is 0.338 e. The second kappa shape index (κ2) is 9.20. The molecule has 0 spiro atoms. The Balaban J connectivity index is 1.66. The molecule has 0 bridgehead atoms. The number of imidazole rings is 1. The van der Waals surface area contributed by atoms with E-state index < -0.39 is 22.7 Å². The van der Waals surface area contributed by atoms with Crippen molar-refractivity contribution in [1.29, 1.82) is 0 Å². The average molecular weight is 467 g/mol. The van der Waals surface area contributed by atoms with Gasteiger partial charge >= 0.3 is 0 Å². The molecule has 0 aliphatic rings. The summed E-state index contributed by atoms with van der Waals surface area (Å²) < 4.78 is 17.2. The lowest BCUT2D eigenvalue weighted by molar-refractivity contribution is -0.387. The van der Waals surface area contributed by atoms with Gasteiger partial charge in [-0.05, 0) is 41.6 Å². The normalized spacial score (nSPS) is 11.8. The number of nitrogens with zero attached hydrogens (tertiary/aromatic N) is 6.